The van der Waals surface area contributed by atoms with E-state index in [1.165, 1.54) is 19.4 Å². The van der Waals surface area contributed by atoms with Gasteiger partial charge in [0.2, 0.25) is 5.91 Å². The fraction of sp³-hybridized carbons (Fsp3) is 0.263. The molecular weight excluding hydrogens is 400 g/mol. The van der Waals surface area contributed by atoms with Gasteiger partial charge in [0.25, 0.3) is 0 Å². The molecule has 0 aromatic heterocycles. The van der Waals surface area contributed by atoms with Crippen LogP contribution in [0.4, 0.5) is 0 Å². The van der Waals surface area contributed by atoms with Gasteiger partial charge in [-0.2, -0.15) is 5.10 Å². The van der Waals surface area contributed by atoms with Crippen LogP contribution in [0.3, 0.4) is 0 Å². The molecule has 0 unspecified atom stereocenters. The van der Waals surface area contributed by atoms with Crippen LogP contribution in [0.5, 0.6) is 17.2 Å². The Balaban J connectivity index is 1.71. The highest BCUT2D eigenvalue weighted by Crippen LogP contribution is 2.26. The molecule has 0 aliphatic carbocycles. The number of rotatable bonds is 8. The summed E-state index contributed by atoms with van der Waals surface area (Å²) >= 11 is 3.45. The fourth-order valence-electron chi connectivity index (χ4n) is 2.16. The molecular formula is C19H21BrN2O4. The summed E-state index contributed by atoms with van der Waals surface area (Å²) in [5.74, 6) is 0.951. The normalized spacial score (nSPS) is 10.7. The molecule has 2 aromatic rings. The van der Waals surface area contributed by atoms with E-state index in [1.54, 1.807) is 12.1 Å². The van der Waals surface area contributed by atoms with Gasteiger partial charge < -0.3 is 14.6 Å². The van der Waals surface area contributed by atoms with Crippen LogP contribution in [0.15, 0.2) is 46.0 Å². The number of phenolic OH excluding ortho intramolecular Hbond substituents is 1. The number of benzene rings is 2. The molecule has 0 saturated carbocycles. The maximum atomic E-state index is 11.8. The lowest BCUT2D eigenvalue weighted by Gasteiger charge is -2.08. The maximum Gasteiger partial charge on any atom is 0.240 e. The Labute approximate surface area is 161 Å². The number of carbonyl (C=O) groups is 1. The van der Waals surface area contributed by atoms with Gasteiger partial charge in [-0.05, 0) is 70.7 Å². The lowest BCUT2D eigenvalue weighted by molar-refractivity contribution is -0.121. The monoisotopic (exact) mass is 420 g/mol. The third-order valence-electron chi connectivity index (χ3n) is 3.50. The van der Waals surface area contributed by atoms with Crippen LogP contribution in [0.2, 0.25) is 0 Å². The van der Waals surface area contributed by atoms with Crippen LogP contribution in [-0.2, 0) is 4.79 Å². The highest BCUT2D eigenvalue weighted by Gasteiger charge is 2.04. The number of ether oxygens (including phenoxy) is 2. The number of hydrogen-bond acceptors (Lipinski definition) is 5. The van der Waals surface area contributed by atoms with Gasteiger partial charge in [-0.3, -0.25) is 4.79 Å². The number of aromatic hydroxyl groups is 1. The first-order chi connectivity index (χ1) is 12.5. The van der Waals surface area contributed by atoms with E-state index < -0.39 is 0 Å². The van der Waals surface area contributed by atoms with Crippen molar-refractivity contribution in [3.63, 3.8) is 0 Å². The number of carbonyl (C=O) groups excluding carboxylic acids is 1. The van der Waals surface area contributed by atoms with Crippen LogP contribution >= 0.6 is 15.9 Å². The minimum Gasteiger partial charge on any atom is -0.504 e. The standard InChI is InChI=1S/C19H21BrN2O4/c1-13-5-7-17(15(20)10-13)26-9-3-4-19(24)22-21-12-14-6-8-18(25-2)16(23)11-14/h5-8,10-12,23H,3-4,9H2,1-2H3,(H,22,24)/b21-12+. The molecule has 0 atom stereocenters. The lowest BCUT2D eigenvalue weighted by atomic mass is 10.2. The van der Waals surface area contributed by atoms with Gasteiger partial charge in [-0.1, -0.05) is 6.07 Å². The third-order valence-corrected chi connectivity index (χ3v) is 4.12. The molecule has 2 aromatic carbocycles. The SMILES string of the molecule is COc1ccc(/C=N/NC(=O)CCCOc2ccc(C)cc2Br)cc1O. The Morgan fingerprint density at radius 2 is 2.04 bits per heavy atom. The van der Waals surface area contributed by atoms with E-state index >= 15 is 0 Å². The molecule has 7 heteroatoms. The van der Waals surface area contributed by atoms with Crippen molar-refractivity contribution >= 4 is 28.1 Å². The average molecular weight is 421 g/mol. The van der Waals surface area contributed by atoms with E-state index in [0.717, 1.165) is 15.8 Å². The molecule has 0 spiro atoms. The van der Waals surface area contributed by atoms with Crippen LogP contribution in [0, 0.1) is 6.92 Å². The highest BCUT2D eigenvalue weighted by molar-refractivity contribution is 9.10. The molecule has 138 valence electrons. The molecule has 0 aliphatic heterocycles. The second-order valence-corrected chi connectivity index (χ2v) is 6.46. The van der Waals surface area contributed by atoms with Crippen LogP contribution < -0.4 is 14.9 Å². The molecule has 0 fully saturated rings. The van der Waals surface area contributed by atoms with E-state index in [1.807, 2.05) is 25.1 Å². The van der Waals surface area contributed by atoms with E-state index in [0.29, 0.717) is 30.8 Å². The van der Waals surface area contributed by atoms with Crippen molar-refractivity contribution in [2.75, 3.05) is 13.7 Å². The number of hydrogen-bond donors (Lipinski definition) is 2. The summed E-state index contributed by atoms with van der Waals surface area (Å²) in [5, 5.41) is 13.6. The van der Waals surface area contributed by atoms with Crippen molar-refractivity contribution in [3.05, 3.63) is 52.0 Å². The van der Waals surface area contributed by atoms with Crippen molar-refractivity contribution in [1.82, 2.24) is 5.43 Å². The Kier molecular flexibility index (Phi) is 7.47. The second-order valence-electron chi connectivity index (χ2n) is 5.61. The molecule has 0 bridgehead atoms. The zero-order chi connectivity index (χ0) is 18.9. The van der Waals surface area contributed by atoms with Crippen molar-refractivity contribution < 1.29 is 19.4 Å². The van der Waals surface area contributed by atoms with Gasteiger partial charge >= 0.3 is 0 Å². The molecule has 0 saturated heterocycles. The lowest BCUT2D eigenvalue weighted by Crippen LogP contribution is -2.18. The van der Waals surface area contributed by atoms with Crippen molar-refractivity contribution in [3.8, 4) is 17.2 Å². The predicted molar refractivity (Wildman–Crippen MR) is 104 cm³/mol. The molecule has 0 aliphatic rings. The summed E-state index contributed by atoms with van der Waals surface area (Å²) in [5.41, 5.74) is 4.24. The predicted octanol–water partition coefficient (Wildman–Crippen LogP) is 3.78. The zero-order valence-corrected chi connectivity index (χ0v) is 16.2. The minimum absolute atomic E-state index is 0.0159. The Morgan fingerprint density at radius 1 is 1.27 bits per heavy atom. The van der Waals surface area contributed by atoms with Crippen molar-refractivity contribution in [2.24, 2.45) is 5.10 Å². The number of hydrazone groups is 1. The summed E-state index contributed by atoms with van der Waals surface area (Å²) in [6, 6.07) is 10.7. The molecule has 1 amide bonds. The Hall–Kier alpha value is -2.54. The van der Waals surface area contributed by atoms with Crippen molar-refractivity contribution in [2.45, 2.75) is 19.8 Å². The van der Waals surface area contributed by atoms with Gasteiger partial charge in [0.05, 0.1) is 24.4 Å². The molecule has 0 heterocycles. The van der Waals surface area contributed by atoms with E-state index in [4.69, 9.17) is 9.47 Å². The molecule has 6 nitrogen and oxygen atoms in total. The number of methoxy groups -OCH3 is 1. The first kappa shape index (κ1) is 19.8. The number of nitrogens with zero attached hydrogens (tertiary/aromatic N) is 1. The number of nitrogens with one attached hydrogen (secondary N) is 1. The Morgan fingerprint density at radius 3 is 2.73 bits per heavy atom. The van der Waals surface area contributed by atoms with E-state index in [9.17, 15) is 9.90 Å². The summed E-state index contributed by atoms with van der Waals surface area (Å²) in [6.45, 7) is 2.44. The van der Waals surface area contributed by atoms with Gasteiger partial charge in [0.1, 0.15) is 5.75 Å². The number of aryl methyl sites for hydroxylation is 1. The Bertz CT molecular complexity index is 793. The van der Waals surface area contributed by atoms with Crippen LogP contribution in [0.1, 0.15) is 24.0 Å². The van der Waals surface area contributed by atoms with E-state index in [-0.39, 0.29) is 11.7 Å². The van der Waals surface area contributed by atoms with Crippen LogP contribution in [0.25, 0.3) is 0 Å². The quantitative estimate of drug-likeness (QED) is 0.386. The van der Waals surface area contributed by atoms with Gasteiger partial charge in [-0.15, -0.1) is 0 Å². The molecule has 2 rings (SSSR count). The smallest absolute Gasteiger partial charge is 0.240 e. The largest absolute Gasteiger partial charge is 0.504 e. The third kappa shape index (κ3) is 6.07. The number of halogens is 1. The van der Waals surface area contributed by atoms with Crippen LogP contribution in [-0.4, -0.2) is 30.9 Å². The fourth-order valence-corrected chi connectivity index (χ4v) is 2.77. The topological polar surface area (TPSA) is 80.2 Å². The first-order valence-corrected chi connectivity index (χ1v) is 8.86. The molecule has 0 radical (unpaired) electrons. The summed E-state index contributed by atoms with van der Waals surface area (Å²) < 4.78 is 11.5. The highest BCUT2D eigenvalue weighted by atomic mass is 79.9. The summed E-state index contributed by atoms with van der Waals surface area (Å²) in [6.07, 6.45) is 2.33. The molecule has 2 N–H and O–H groups in total. The first-order valence-electron chi connectivity index (χ1n) is 8.07. The number of phenols is 1. The second kappa shape index (κ2) is 9.82. The van der Waals surface area contributed by atoms with Gasteiger partial charge in [-0.25, -0.2) is 5.43 Å². The number of amides is 1. The van der Waals surface area contributed by atoms with Gasteiger partial charge in [0.15, 0.2) is 11.5 Å². The van der Waals surface area contributed by atoms with Gasteiger partial charge in [0, 0.05) is 6.42 Å². The average Bonchev–Trinajstić information content (AvgIpc) is 2.60. The maximum absolute atomic E-state index is 11.8. The summed E-state index contributed by atoms with van der Waals surface area (Å²) in [7, 11) is 1.48. The zero-order valence-electron chi connectivity index (χ0n) is 14.7. The minimum atomic E-state index is -0.203. The van der Waals surface area contributed by atoms with Crippen molar-refractivity contribution in [1.29, 1.82) is 0 Å². The van der Waals surface area contributed by atoms with E-state index in [2.05, 4.69) is 26.5 Å². The summed E-state index contributed by atoms with van der Waals surface area (Å²) in [4.78, 5) is 11.8. The molecule has 26 heavy (non-hydrogen) atoms.